The normalized spacial score (nSPS) is 15.9. The number of rotatable bonds is 3. The molecule has 0 aliphatic carbocycles. The highest BCUT2D eigenvalue weighted by atomic mass is 32.2. The number of benzene rings is 3. The van der Waals surface area contributed by atoms with Gasteiger partial charge in [-0.15, -0.1) is 0 Å². The summed E-state index contributed by atoms with van der Waals surface area (Å²) in [6.07, 6.45) is -4.53. The van der Waals surface area contributed by atoms with E-state index in [4.69, 9.17) is 0 Å². The molecule has 1 amide bonds. The van der Waals surface area contributed by atoms with Crippen LogP contribution in [0.4, 0.5) is 13.2 Å². The van der Waals surface area contributed by atoms with Gasteiger partial charge in [0.25, 0.3) is 5.91 Å². The second kappa shape index (κ2) is 7.97. The van der Waals surface area contributed by atoms with Gasteiger partial charge in [-0.25, -0.2) is 8.42 Å². The molecule has 1 heterocycles. The van der Waals surface area contributed by atoms with E-state index in [1.807, 2.05) is 36.4 Å². The molecular weight excluding hydrogens is 429 g/mol. The summed E-state index contributed by atoms with van der Waals surface area (Å²) >= 11 is 0. The van der Waals surface area contributed by atoms with Crippen molar-refractivity contribution in [2.24, 2.45) is 0 Å². The van der Waals surface area contributed by atoms with Crippen LogP contribution in [-0.2, 0) is 16.2 Å². The molecule has 0 aromatic heterocycles. The van der Waals surface area contributed by atoms with Crippen LogP contribution in [0.15, 0.2) is 71.6 Å². The third-order valence-corrected chi connectivity index (χ3v) is 7.25. The molecule has 3 aromatic rings. The van der Waals surface area contributed by atoms with Gasteiger partial charge < -0.3 is 4.90 Å². The fourth-order valence-electron chi connectivity index (χ4n) is 3.60. The Morgan fingerprint density at radius 2 is 1.42 bits per heavy atom. The minimum Gasteiger partial charge on any atom is -0.336 e. The molecule has 162 valence electrons. The average Bonchev–Trinajstić information content (AvgIpc) is 2.78. The van der Waals surface area contributed by atoms with Crippen LogP contribution in [0.2, 0.25) is 0 Å². The predicted octanol–water partition coefficient (Wildman–Crippen LogP) is 4.01. The van der Waals surface area contributed by atoms with Gasteiger partial charge in [0.1, 0.15) is 0 Å². The first-order chi connectivity index (χ1) is 14.7. The highest BCUT2D eigenvalue weighted by Crippen LogP contribution is 2.30. The molecule has 1 fully saturated rings. The molecule has 0 atom stereocenters. The molecule has 0 saturated carbocycles. The second-order valence-corrected chi connectivity index (χ2v) is 9.22. The molecule has 1 saturated heterocycles. The Morgan fingerprint density at radius 1 is 0.806 bits per heavy atom. The quantitative estimate of drug-likeness (QED) is 0.609. The molecule has 0 bridgehead atoms. The molecule has 0 radical (unpaired) electrons. The molecule has 3 aromatic carbocycles. The Kier molecular flexibility index (Phi) is 5.49. The van der Waals surface area contributed by atoms with Gasteiger partial charge in [0.2, 0.25) is 10.0 Å². The third-order valence-electron chi connectivity index (χ3n) is 5.34. The first kappa shape index (κ1) is 21.3. The minimum atomic E-state index is -4.53. The summed E-state index contributed by atoms with van der Waals surface area (Å²) in [6.45, 7) is 0.544. The number of hydrogen-bond acceptors (Lipinski definition) is 3. The molecule has 9 heteroatoms. The fraction of sp³-hybridized carbons (Fsp3) is 0.227. The largest absolute Gasteiger partial charge is 0.416 e. The van der Waals surface area contributed by atoms with E-state index in [1.165, 1.54) is 4.31 Å². The van der Waals surface area contributed by atoms with E-state index in [0.29, 0.717) is 5.56 Å². The molecule has 5 nitrogen and oxygen atoms in total. The van der Waals surface area contributed by atoms with Crippen LogP contribution in [0.5, 0.6) is 0 Å². The molecule has 0 spiro atoms. The molecule has 4 rings (SSSR count). The molecule has 31 heavy (non-hydrogen) atoms. The molecular formula is C22H19F3N2O3S. The van der Waals surface area contributed by atoms with Crippen LogP contribution in [0.1, 0.15) is 15.9 Å². The van der Waals surface area contributed by atoms with Crippen LogP contribution < -0.4 is 0 Å². The number of halogens is 3. The van der Waals surface area contributed by atoms with Crippen LogP contribution in [0.3, 0.4) is 0 Å². The standard InChI is InChI=1S/C22H19F3N2O3S/c23-22(24,25)19-7-9-20(10-8-19)31(29,30)27-13-11-26(12-14-27)21(28)18-6-5-16-3-1-2-4-17(16)15-18/h1-10,15H,11-14H2. The molecule has 1 aliphatic rings. The van der Waals surface area contributed by atoms with Crippen molar-refractivity contribution in [3.05, 3.63) is 77.9 Å². The third kappa shape index (κ3) is 4.28. The monoisotopic (exact) mass is 448 g/mol. The predicted molar refractivity (Wildman–Crippen MR) is 110 cm³/mol. The first-order valence-electron chi connectivity index (χ1n) is 9.62. The lowest BCUT2D eigenvalue weighted by atomic mass is 10.1. The fourth-order valence-corrected chi connectivity index (χ4v) is 5.02. The lowest BCUT2D eigenvalue weighted by Crippen LogP contribution is -2.50. The Balaban J connectivity index is 1.45. The highest BCUT2D eigenvalue weighted by Gasteiger charge is 2.33. The van der Waals surface area contributed by atoms with Gasteiger partial charge in [0.15, 0.2) is 0 Å². The van der Waals surface area contributed by atoms with E-state index in [1.54, 1.807) is 11.0 Å². The Hall–Kier alpha value is -2.91. The Morgan fingerprint density at radius 3 is 2.03 bits per heavy atom. The first-order valence-corrected chi connectivity index (χ1v) is 11.1. The molecule has 0 unspecified atom stereocenters. The molecule has 0 N–H and O–H groups in total. The van der Waals surface area contributed by atoms with Gasteiger partial charge >= 0.3 is 6.18 Å². The van der Waals surface area contributed by atoms with Crippen LogP contribution in [0, 0.1) is 0 Å². The van der Waals surface area contributed by atoms with Crippen molar-refractivity contribution >= 4 is 26.7 Å². The summed E-state index contributed by atoms with van der Waals surface area (Å²) in [6, 6.07) is 16.5. The van der Waals surface area contributed by atoms with Gasteiger partial charge in [-0.2, -0.15) is 17.5 Å². The zero-order valence-electron chi connectivity index (χ0n) is 16.3. The van der Waals surface area contributed by atoms with Crippen molar-refractivity contribution in [3.8, 4) is 0 Å². The summed E-state index contributed by atoms with van der Waals surface area (Å²) in [5.74, 6) is -0.183. The van der Waals surface area contributed by atoms with E-state index >= 15 is 0 Å². The summed E-state index contributed by atoms with van der Waals surface area (Å²) in [7, 11) is -3.94. The zero-order valence-corrected chi connectivity index (χ0v) is 17.2. The topological polar surface area (TPSA) is 57.7 Å². The number of carbonyl (C=O) groups excluding carboxylic acids is 1. The Labute approximate surface area is 177 Å². The Bertz CT molecular complexity index is 1220. The summed E-state index contributed by atoms with van der Waals surface area (Å²) < 4.78 is 64.9. The van der Waals surface area contributed by atoms with E-state index in [-0.39, 0.29) is 37.0 Å². The van der Waals surface area contributed by atoms with E-state index in [9.17, 15) is 26.4 Å². The summed E-state index contributed by atoms with van der Waals surface area (Å²) in [5, 5.41) is 1.96. The second-order valence-electron chi connectivity index (χ2n) is 7.28. The van der Waals surface area contributed by atoms with Gasteiger partial charge in [-0.3, -0.25) is 4.79 Å². The zero-order chi connectivity index (χ0) is 22.2. The van der Waals surface area contributed by atoms with Crippen molar-refractivity contribution < 1.29 is 26.4 Å². The number of alkyl halides is 3. The molecule has 1 aliphatic heterocycles. The lowest BCUT2D eigenvalue weighted by molar-refractivity contribution is -0.137. The highest BCUT2D eigenvalue weighted by molar-refractivity contribution is 7.89. The van der Waals surface area contributed by atoms with Crippen molar-refractivity contribution in [2.75, 3.05) is 26.2 Å². The number of amides is 1. The maximum atomic E-state index is 12.9. The van der Waals surface area contributed by atoms with Crippen molar-refractivity contribution in [1.82, 2.24) is 9.21 Å². The maximum Gasteiger partial charge on any atom is 0.416 e. The average molecular weight is 448 g/mol. The number of fused-ring (bicyclic) bond motifs is 1. The number of hydrogen-bond donors (Lipinski definition) is 0. The van der Waals surface area contributed by atoms with E-state index in [0.717, 1.165) is 35.0 Å². The number of nitrogens with zero attached hydrogens (tertiary/aromatic N) is 2. The van der Waals surface area contributed by atoms with Gasteiger partial charge in [-0.05, 0) is 47.2 Å². The van der Waals surface area contributed by atoms with Gasteiger partial charge in [0.05, 0.1) is 10.5 Å². The van der Waals surface area contributed by atoms with Crippen LogP contribution in [-0.4, -0.2) is 49.7 Å². The van der Waals surface area contributed by atoms with Crippen molar-refractivity contribution in [2.45, 2.75) is 11.1 Å². The maximum absolute atomic E-state index is 12.9. The van der Waals surface area contributed by atoms with E-state index < -0.39 is 21.8 Å². The van der Waals surface area contributed by atoms with Crippen molar-refractivity contribution in [3.63, 3.8) is 0 Å². The number of sulfonamides is 1. The minimum absolute atomic E-state index is 0.0721. The SMILES string of the molecule is O=C(c1ccc2ccccc2c1)N1CCN(S(=O)(=O)c2ccc(C(F)(F)F)cc2)CC1. The van der Waals surface area contributed by atoms with Gasteiger partial charge in [-0.1, -0.05) is 30.3 Å². The van der Waals surface area contributed by atoms with Crippen LogP contribution in [0.25, 0.3) is 10.8 Å². The van der Waals surface area contributed by atoms with Crippen molar-refractivity contribution in [1.29, 1.82) is 0 Å². The number of carbonyl (C=O) groups is 1. The number of piperazine rings is 1. The van der Waals surface area contributed by atoms with Crippen LogP contribution >= 0.6 is 0 Å². The summed E-state index contributed by atoms with van der Waals surface area (Å²) in [5.41, 5.74) is -0.380. The smallest absolute Gasteiger partial charge is 0.336 e. The van der Waals surface area contributed by atoms with Gasteiger partial charge in [0, 0.05) is 31.7 Å². The van der Waals surface area contributed by atoms with E-state index in [2.05, 4.69) is 0 Å². The summed E-state index contributed by atoms with van der Waals surface area (Å²) in [4.78, 5) is 14.2. The lowest BCUT2D eigenvalue weighted by Gasteiger charge is -2.34.